The molecule has 0 unspecified atom stereocenters. The smallest absolute Gasteiger partial charge is 0.326 e. The Morgan fingerprint density at radius 3 is 2.50 bits per heavy atom. The molecular formula is C17H20BrN3O3. The van der Waals surface area contributed by atoms with Gasteiger partial charge in [-0.05, 0) is 37.1 Å². The fourth-order valence-corrected chi connectivity index (χ4v) is 2.58. The first kappa shape index (κ1) is 18.2. The maximum absolute atomic E-state index is 12.5. The molecule has 0 saturated carbocycles. The van der Waals surface area contributed by atoms with Gasteiger partial charge in [-0.15, -0.1) is 0 Å². The van der Waals surface area contributed by atoms with Crippen molar-refractivity contribution in [2.75, 3.05) is 0 Å². The van der Waals surface area contributed by atoms with E-state index in [-0.39, 0.29) is 5.92 Å². The fraction of sp³-hybridized carbons (Fsp3) is 0.353. The van der Waals surface area contributed by atoms with Gasteiger partial charge in [-0.3, -0.25) is 4.79 Å². The van der Waals surface area contributed by atoms with Crippen LogP contribution >= 0.6 is 15.9 Å². The molecule has 0 aliphatic heterocycles. The van der Waals surface area contributed by atoms with Gasteiger partial charge >= 0.3 is 5.97 Å². The van der Waals surface area contributed by atoms with Crippen molar-refractivity contribution in [3.63, 3.8) is 0 Å². The van der Waals surface area contributed by atoms with Gasteiger partial charge in [-0.1, -0.05) is 36.2 Å². The molecule has 0 aliphatic rings. The van der Waals surface area contributed by atoms with Crippen LogP contribution in [0.15, 0.2) is 34.9 Å². The quantitative estimate of drug-likeness (QED) is 0.788. The molecule has 2 rings (SSSR count). The van der Waals surface area contributed by atoms with Crippen molar-refractivity contribution in [2.24, 2.45) is 5.92 Å². The molecule has 1 aromatic heterocycles. The summed E-state index contributed by atoms with van der Waals surface area (Å²) in [5.74, 6) is -1.62. The van der Waals surface area contributed by atoms with Gasteiger partial charge in [-0.2, -0.15) is 5.10 Å². The number of amides is 1. The third kappa shape index (κ3) is 4.03. The van der Waals surface area contributed by atoms with Gasteiger partial charge in [0, 0.05) is 10.7 Å². The van der Waals surface area contributed by atoms with Crippen LogP contribution in [0.2, 0.25) is 0 Å². The highest BCUT2D eigenvalue weighted by atomic mass is 79.9. The Balaban J connectivity index is 2.24. The van der Waals surface area contributed by atoms with Gasteiger partial charge in [0.2, 0.25) is 0 Å². The Labute approximate surface area is 149 Å². The van der Waals surface area contributed by atoms with Crippen LogP contribution in [0.3, 0.4) is 0 Å². The Kier molecular flexibility index (Phi) is 5.77. The highest BCUT2D eigenvalue weighted by Gasteiger charge is 2.27. The van der Waals surface area contributed by atoms with Crippen LogP contribution in [0, 0.1) is 12.8 Å². The summed E-state index contributed by atoms with van der Waals surface area (Å²) in [6.07, 6.45) is 2.28. The average Bonchev–Trinajstić information content (AvgIpc) is 2.94. The predicted molar refractivity (Wildman–Crippen MR) is 94.3 cm³/mol. The summed E-state index contributed by atoms with van der Waals surface area (Å²) < 4.78 is 2.56. The molecule has 1 aromatic carbocycles. The summed E-state index contributed by atoms with van der Waals surface area (Å²) >= 11 is 3.37. The number of aromatic nitrogens is 2. The number of benzene rings is 1. The second-order valence-corrected chi connectivity index (χ2v) is 6.64. The number of nitrogens with zero attached hydrogens (tertiary/aromatic N) is 2. The molecule has 24 heavy (non-hydrogen) atoms. The molecule has 0 spiro atoms. The maximum Gasteiger partial charge on any atom is 0.326 e. The molecule has 2 atom stereocenters. The van der Waals surface area contributed by atoms with Gasteiger partial charge in [0.1, 0.15) is 6.04 Å². The fourth-order valence-electron chi connectivity index (χ4n) is 2.31. The predicted octanol–water partition coefficient (Wildman–Crippen LogP) is 3.17. The summed E-state index contributed by atoms with van der Waals surface area (Å²) in [7, 11) is 0. The second kappa shape index (κ2) is 7.61. The van der Waals surface area contributed by atoms with E-state index in [2.05, 4.69) is 26.3 Å². The molecular weight excluding hydrogens is 374 g/mol. The average molecular weight is 394 g/mol. The normalized spacial score (nSPS) is 13.3. The van der Waals surface area contributed by atoms with E-state index in [0.717, 1.165) is 10.2 Å². The van der Waals surface area contributed by atoms with Crippen LogP contribution in [0.25, 0.3) is 5.69 Å². The van der Waals surface area contributed by atoms with Gasteiger partial charge in [0.15, 0.2) is 0 Å². The first-order chi connectivity index (χ1) is 11.3. The number of aliphatic carboxylic acids is 1. The van der Waals surface area contributed by atoms with Gasteiger partial charge in [0.05, 0.1) is 16.9 Å². The lowest BCUT2D eigenvalue weighted by Crippen LogP contribution is -2.45. The second-order valence-electron chi connectivity index (χ2n) is 5.72. The van der Waals surface area contributed by atoms with Crippen LogP contribution in [0.4, 0.5) is 0 Å². The largest absolute Gasteiger partial charge is 0.480 e. The maximum atomic E-state index is 12.5. The minimum absolute atomic E-state index is 0.159. The van der Waals surface area contributed by atoms with Crippen molar-refractivity contribution >= 4 is 27.8 Å². The van der Waals surface area contributed by atoms with Crippen molar-refractivity contribution in [2.45, 2.75) is 33.2 Å². The van der Waals surface area contributed by atoms with Crippen LogP contribution in [0.1, 0.15) is 36.3 Å². The van der Waals surface area contributed by atoms with Crippen molar-refractivity contribution in [3.05, 3.63) is 46.2 Å². The highest BCUT2D eigenvalue weighted by Crippen LogP contribution is 2.16. The molecule has 0 aliphatic carbocycles. The molecule has 1 amide bonds. The minimum Gasteiger partial charge on any atom is -0.480 e. The summed E-state index contributed by atoms with van der Waals surface area (Å²) in [6, 6.07) is 6.60. The Bertz CT molecular complexity index is 740. The molecule has 1 heterocycles. The van der Waals surface area contributed by atoms with Crippen LogP contribution < -0.4 is 5.32 Å². The lowest BCUT2D eigenvalue weighted by molar-refractivity contribution is -0.140. The van der Waals surface area contributed by atoms with Gasteiger partial charge < -0.3 is 10.4 Å². The van der Waals surface area contributed by atoms with E-state index in [4.69, 9.17) is 0 Å². The number of rotatable bonds is 6. The molecule has 6 nitrogen and oxygen atoms in total. The van der Waals surface area contributed by atoms with E-state index in [0.29, 0.717) is 17.7 Å². The van der Waals surface area contributed by atoms with Crippen molar-refractivity contribution < 1.29 is 14.7 Å². The molecule has 0 radical (unpaired) electrons. The number of carboxylic acids is 1. The highest BCUT2D eigenvalue weighted by molar-refractivity contribution is 9.10. The van der Waals surface area contributed by atoms with Crippen LogP contribution in [-0.4, -0.2) is 32.8 Å². The molecule has 0 fully saturated rings. The molecule has 128 valence electrons. The molecule has 2 aromatic rings. The number of halogens is 1. The monoisotopic (exact) mass is 393 g/mol. The summed E-state index contributed by atoms with van der Waals surface area (Å²) in [4.78, 5) is 23.8. The lowest BCUT2D eigenvalue weighted by atomic mass is 9.99. The van der Waals surface area contributed by atoms with E-state index in [1.54, 1.807) is 24.7 Å². The Morgan fingerprint density at radius 2 is 1.96 bits per heavy atom. The topological polar surface area (TPSA) is 84.2 Å². The number of nitrogens with one attached hydrogen (secondary N) is 1. The summed E-state index contributed by atoms with van der Waals surface area (Å²) in [5, 5.41) is 16.2. The van der Waals surface area contributed by atoms with E-state index >= 15 is 0 Å². The van der Waals surface area contributed by atoms with E-state index in [9.17, 15) is 14.7 Å². The number of carbonyl (C=O) groups excluding carboxylic acids is 1. The SMILES string of the molecule is CC[C@H](C)[C@H](NC(=O)c1cn(-c2ccc(Br)cc2)nc1C)C(=O)O. The van der Waals surface area contributed by atoms with E-state index < -0.39 is 17.9 Å². The third-order valence-electron chi connectivity index (χ3n) is 4.00. The Morgan fingerprint density at radius 1 is 1.33 bits per heavy atom. The van der Waals surface area contributed by atoms with E-state index in [1.165, 1.54) is 0 Å². The summed E-state index contributed by atoms with van der Waals surface area (Å²) in [6.45, 7) is 5.42. The number of carboxylic acid groups (broad SMARTS) is 1. The zero-order valence-electron chi connectivity index (χ0n) is 13.8. The lowest BCUT2D eigenvalue weighted by Gasteiger charge is -2.19. The zero-order valence-corrected chi connectivity index (χ0v) is 15.4. The molecule has 2 N–H and O–H groups in total. The third-order valence-corrected chi connectivity index (χ3v) is 4.53. The zero-order chi connectivity index (χ0) is 17.9. The van der Waals surface area contributed by atoms with Gasteiger partial charge in [-0.25, -0.2) is 9.48 Å². The van der Waals surface area contributed by atoms with Gasteiger partial charge in [0.25, 0.3) is 5.91 Å². The number of aryl methyl sites for hydroxylation is 1. The van der Waals surface area contributed by atoms with Crippen molar-refractivity contribution in [1.29, 1.82) is 0 Å². The van der Waals surface area contributed by atoms with Crippen molar-refractivity contribution in [1.82, 2.24) is 15.1 Å². The van der Waals surface area contributed by atoms with Crippen molar-refractivity contribution in [3.8, 4) is 5.69 Å². The molecule has 7 heteroatoms. The first-order valence-corrected chi connectivity index (χ1v) is 8.48. The number of hydrogen-bond acceptors (Lipinski definition) is 3. The first-order valence-electron chi connectivity index (χ1n) is 7.69. The van der Waals surface area contributed by atoms with Crippen LogP contribution in [0.5, 0.6) is 0 Å². The standard InChI is InChI=1S/C17H20BrN3O3/c1-4-10(2)15(17(23)24)19-16(22)14-9-21(20-11(14)3)13-7-5-12(18)6-8-13/h5-10,15H,4H2,1-3H3,(H,19,22)(H,23,24)/t10-,15-/m0/s1. The van der Waals surface area contributed by atoms with E-state index in [1.807, 2.05) is 31.2 Å². The molecule has 0 bridgehead atoms. The minimum atomic E-state index is -1.03. The molecule has 0 saturated heterocycles. The Hall–Kier alpha value is -2.15. The summed E-state index contributed by atoms with van der Waals surface area (Å²) in [5.41, 5.74) is 1.73. The number of hydrogen-bond donors (Lipinski definition) is 2. The number of carbonyl (C=O) groups is 2. The van der Waals surface area contributed by atoms with Crippen LogP contribution in [-0.2, 0) is 4.79 Å².